The van der Waals surface area contributed by atoms with Gasteiger partial charge in [-0.1, -0.05) is 0 Å². The van der Waals surface area contributed by atoms with Crippen LogP contribution in [-0.2, 0) is 22.3 Å². The van der Waals surface area contributed by atoms with Crippen LogP contribution in [0.1, 0.15) is 11.4 Å². The van der Waals surface area contributed by atoms with Gasteiger partial charge < -0.3 is 10.1 Å². The van der Waals surface area contributed by atoms with Gasteiger partial charge in [0, 0.05) is 26.2 Å². The number of aryl methyl sites for hydroxylation is 1. The van der Waals surface area contributed by atoms with Crippen molar-refractivity contribution in [2.24, 2.45) is 0 Å². The zero-order valence-electron chi connectivity index (χ0n) is 12.3. The van der Waals surface area contributed by atoms with E-state index in [4.69, 9.17) is 4.74 Å². The number of carbonyl (C=O) groups is 1. The highest BCUT2D eigenvalue weighted by atomic mass is 19.4. The van der Waals surface area contributed by atoms with E-state index in [1.54, 1.807) is 0 Å². The maximum Gasteiger partial charge on any atom is 0.433 e. The first-order valence-electron chi connectivity index (χ1n) is 7.05. The number of rotatable bonds is 5. The van der Waals surface area contributed by atoms with E-state index in [0.29, 0.717) is 31.0 Å². The van der Waals surface area contributed by atoms with Crippen LogP contribution in [0.4, 0.5) is 13.2 Å². The molecule has 1 aromatic heterocycles. The van der Waals surface area contributed by atoms with Gasteiger partial charge in [-0.3, -0.25) is 14.4 Å². The fourth-order valence-corrected chi connectivity index (χ4v) is 2.26. The highest BCUT2D eigenvalue weighted by Gasteiger charge is 2.35. The van der Waals surface area contributed by atoms with Crippen LogP contribution in [0.5, 0.6) is 0 Å². The summed E-state index contributed by atoms with van der Waals surface area (Å²) in [6.45, 7) is 4.98. The van der Waals surface area contributed by atoms with Gasteiger partial charge in [-0.05, 0) is 13.0 Å². The number of carbonyl (C=O) groups excluding carboxylic acids is 1. The molecule has 2 heterocycles. The number of nitrogens with one attached hydrogen (secondary N) is 1. The number of amides is 1. The van der Waals surface area contributed by atoms with Gasteiger partial charge in [0.2, 0.25) is 5.91 Å². The van der Waals surface area contributed by atoms with Crippen molar-refractivity contribution in [1.29, 1.82) is 0 Å². The molecule has 1 aliphatic heterocycles. The maximum atomic E-state index is 12.8. The van der Waals surface area contributed by atoms with E-state index in [9.17, 15) is 18.0 Å². The Labute approximate surface area is 126 Å². The van der Waals surface area contributed by atoms with Crippen LogP contribution in [0.2, 0.25) is 0 Å². The third kappa shape index (κ3) is 4.70. The average molecular weight is 320 g/mol. The lowest BCUT2D eigenvalue weighted by atomic mass is 10.3. The second-order valence-electron chi connectivity index (χ2n) is 5.13. The molecular formula is C13H19F3N4O2. The minimum absolute atomic E-state index is 0.230. The van der Waals surface area contributed by atoms with Crippen LogP contribution in [-0.4, -0.2) is 60.0 Å². The monoisotopic (exact) mass is 320 g/mol. The summed E-state index contributed by atoms with van der Waals surface area (Å²) < 4.78 is 44.3. The summed E-state index contributed by atoms with van der Waals surface area (Å²) in [7, 11) is 0. The van der Waals surface area contributed by atoms with Crippen molar-refractivity contribution in [2.45, 2.75) is 19.6 Å². The minimum atomic E-state index is -4.52. The third-order valence-corrected chi connectivity index (χ3v) is 3.34. The first kappa shape index (κ1) is 16.8. The molecule has 1 amide bonds. The van der Waals surface area contributed by atoms with Crippen LogP contribution < -0.4 is 5.32 Å². The molecule has 1 aliphatic rings. The molecular weight excluding hydrogens is 301 g/mol. The predicted octanol–water partition coefficient (Wildman–Crippen LogP) is 0.659. The molecule has 9 heteroatoms. The number of halogens is 3. The number of nitrogens with zero attached hydrogens (tertiary/aromatic N) is 3. The molecule has 1 aromatic rings. The Morgan fingerprint density at radius 1 is 1.41 bits per heavy atom. The molecule has 0 atom stereocenters. The summed E-state index contributed by atoms with van der Waals surface area (Å²) in [4.78, 5) is 13.9. The highest BCUT2D eigenvalue weighted by Crippen LogP contribution is 2.29. The summed E-state index contributed by atoms with van der Waals surface area (Å²) >= 11 is 0. The number of morpholine rings is 1. The summed E-state index contributed by atoms with van der Waals surface area (Å²) in [5.74, 6) is -0.484. The van der Waals surface area contributed by atoms with Crippen molar-refractivity contribution in [3.05, 3.63) is 17.5 Å². The van der Waals surface area contributed by atoms with E-state index >= 15 is 0 Å². The smallest absolute Gasteiger partial charge is 0.379 e. The Morgan fingerprint density at radius 3 is 2.73 bits per heavy atom. The van der Waals surface area contributed by atoms with E-state index in [0.717, 1.165) is 19.2 Å². The molecule has 22 heavy (non-hydrogen) atoms. The van der Waals surface area contributed by atoms with Gasteiger partial charge in [0.05, 0.1) is 18.9 Å². The second kappa shape index (κ2) is 7.10. The Bertz CT molecular complexity index is 510. The zero-order chi connectivity index (χ0) is 16.2. The van der Waals surface area contributed by atoms with Crippen molar-refractivity contribution >= 4 is 5.91 Å². The van der Waals surface area contributed by atoms with E-state index in [1.807, 2.05) is 0 Å². The molecule has 1 saturated heterocycles. The lowest BCUT2D eigenvalue weighted by Crippen LogP contribution is -2.42. The summed E-state index contributed by atoms with van der Waals surface area (Å²) in [6, 6.07) is 0.932. The van der Waals surface area contributed by atoms with Gasteiger partial charge in [-0.25, -0.2) is 0 Å². The summed E-state index contributed by atoms with van der Waals surface area (Å²) in [6.07, 6.45) is -4.52. The van der Waals surface area contributed by atoms with E-state index in [1.165, 1.54) is 6.92 Å². The molecule has 0 spiro atoms. The molecule has 124 valence electrons. The first-order valence-corrected chi connectivity index (χ1v) is 7.05. The fourth-order valence-electron chi connectivity index (χ4n) is 2.26. The Hall–Kier alpha value is -1.61. The predicted molar refractivity (Wildman–Crippen MR) is 72.2 cm³/mol. The van der Waals surface area contributed by atoms with E-state index in [2.05, 4.69) is 15.3 Å². The molecule has 1 N–H and O–H groups in total. The molecule has 0 bridgehead atoms. The molecule has 0 saturated carbocycles. The van der Waals surface area contributed by atoms with Gasteiger partial charge in [-0.2, -0.15) is 18.3 Å². The number of hydrogen-bond donors (Lipinski definition) is 1. The SMILES string of the molecule is Cc1cc(C(F)(F)F)n(CC(=O)NCCN2CCOCC2)n1. The number of alkyl halides is 3. The molecule has 1 fully saturated rings. The van der Waals surface area contributed by atoms with Crippen molar-refractivity contribution in [3.8, 4) is 0 Å². The largest absolute Gasteiger partial charge is 0.433 e. The highest BCUT2D eigenvalue weighted by molar-refractivity contribution is 5.75. The molecule has 0 aromatic carbocycles. The van der Waals surface area contributed by atoms with Crippen LogP contribution in [0.3, 0.4) is 0 Å². The molecule has 0 radical (unpaired) electrons. The van der Waals surface area contributed by atoms with Crippen molar-refractivity contribution in [1.82, 2.24) is 20.0 Å². The zero-order valence-corrected chi connectivity index (χ0v) is 12.3. The topological polar surface area (TPSA) is 59.4 Å². The van der Waals surface area contributed by atoms with Gasteiger partial charge >= 0.3 is 6.18 Å². The van der Waals surface area contributed by atoms with Crippen LogP contribution in [0.15, 0.2) is 6.07 Å². The van der Waals surface area contributed by atoms with Crippen LogP contribution in [0.25, 0.3) is 0 Å². The van der Waals surface area contributed by atoms with E-state index < -0.39 is 24.3 Å². The van der Waals surface area contributed by atoms with Gasteiger partial charge in [0.15, 0.2) is 0 Å². The van der Waals surface area contributed by atoms with Crippen molar-refractivity contribution in [3.63, 3.8) is 0 Å². The fraction of sp³-hybridized carbons (Fsp3) is 0.692. The molecule has 6 nitrogen and oxygen atoms in total. The maximum absolute atomic E-state index is 12.8. The number of hydrogen-bond acceptors (Lipinski definition) is 4. The van der Waals surface area contributed by atoms with Crippen molar-refractivity contribution in [2.75, 3.05) is 39.4 Å². The Kier molecular flexibility index (Phi) is 5.41. The first-order chi connectivity index (χ1) is 10.4. The standard InChI is InChI=1S/C13H19F3N4O2/c1-10-8-11(13(14,15)16)20(18-10)9-12(21)17-2-3-19-4-6-22-7-5-19/h8H,2-7,9H2,1H3,(H,17,21). The van der Waals surface area contributed by atoms with Gasteiger partial charge in [0.1, 0.15) is 12.2 Å². The van der Waals surface area contributed by atoms with Crippen molar-refractivity contribution < 1.29 is 22.7 Å². The molecule has 0 aliphatic carbocycles. The lowest BCUT2D eigenvalue weighted by Gasteiger charge is -2.26. The number of ether oxygens (including phenoxy) is 1. The lowest BCUT2D eigenvalue weighted by molar-refractivity contribution is -0.144. The average Bonchev–Trinajstić information content (AvgIpc) is 2.81. The summed E-state index contributed by atoms with van der Waals surface area (Å²) in [5.41, 5.74) is -0.679. The minimum Gasteiger partial charge on any atom is -0.379 e. The van der Waals surface area contributed by atoms with Crippen LogP contribution in [0, 0.1) is 6.92 Å². The third-order valence-electron chi connectivity index (χ3n) is 3.34. The normalized spacial score (nSPS) is 16.7. The van der Waals surface area contributed by atoms with E-state index in [-0.39, 0.29) is 5.69 Å². The quantitative estimate of drug-likeness (QED) is 0.866. The molecule has 0 unspecified atom stereocenters. The van der Waals surface area contributed by atoms with Crippen LogP contribution >= 0.6 is 0 Å². The molecule has 2 rings (SSSR count). The second-order valence-corrected chi connectivity index (χ2v) is 5.13. The van der Waals surface area contributed by atoms with Gasteiger partial charge in [0.25, 0.3) is 0 Å². The van der Waals surface area contributed by atoms with Gasteiger partial charge in [-0.15, -0.1) is 0 Å². The Balaban J connectivity index is 1.82. The summed E-state index contributed by atoms with van der Waals surface area (Å²) in [5, 5.41) is 6.34. The number of aromatic nitrogens is 2. The Morgan fingerprint density at radius 2 is 2.09 bits per heavy atom.